The van der Waals surface area contributed by atoms with E-state index in [1.165, 1.54) is 19.3 Å². The third kappa shape index (κ3) is 3.13. The van der Waals surface area contributed by atoms with Gasteiger partial charge in [0, 0.05) is 6.61 Å². The van der Waals surface area contributed by atoms with Gasteiger partial charge >= 0.3 is 6.03 Å². The van der Waals surface area contributed by atoms with Gasteiger partial charge in [-0.15, -0.1) is 0 Å². The average molecular weight is 321 g/mol. The minimum atomic E-state index is -0.623. The number of amidine groups is 1. The van der Waals surface area contributed by atoms with Crippen molar-refractivity contribution in [2.45, 2.75) is 70.8 Å². The number of hydrogen-bond donors (Lipinski definition) is 1. The number of ether oxygens (including phenoxy) is 1. The number of hydrogen-bond acceptors (Lipinski definition) is 4. The van der Waals surface area contributed by atoms with E-state index >= 15 is 0 Å². The van der Waals surface area contributed by atoms with Crippen molar-refractivity contribution in [3.8, 4) is 0 Å². The van der Waals surface area contributed by atoms with Gasteiger partial charge in [0.05, 0.1) is 6.04 Å². The van der Waals surface area contributed by atoms with Gasteiger partial charge in [-0.1, -0.05) is 32.1 Å². The number of carbonyl (C=O) groups excluding carboxylic acids is 2. The molecule has 2 aliphatic carbocycles. The van der Waals surface area contributed by atoms with Crippen molar-refractivity contribution in [3.63, 3.8) is 0 Å². The summed E-state index contributed by atoms with van der Waals surface area (Å²) < 4.78 is 5.47. The van der Waals surface area contributed by atoms with E-state index in [4.69, 9.17) is 9.73 Å². The van der Waals surface area contributed by atoms with Gasteiger partial charge < -0.3 is 4.74 Å². The number of amides is 3. The molecule has 0 aromatic rings. The standard InChI is InChI=1S/C17H27N3O3/c1-2-23-12-20-14(18-13-8-4-3-5-9-13)17(10-6-7-11-17)15(21)19-16(20)22/h13H,2-12H2,1H3,(H,19,21,22). The van der Waals surface area contributed by atoms with Gasteiger partial charge in [0.25, 0.3) is 0 Å². The SMILES string of the molecule is CCOCN1C(=O)NC(=O)C2(CCCC2)C1=NC1CCCCC1. The van der Waals surface area contributed by atoms with Crippen molar-refractivity contribution >= 4 is 17.8 Å². The maximum atomic E-state index is 12.6. The Kier molecular flexibility index (Phi) is 4.99. The molecule has 2 saturated carbocycles. The number of aliphatic imine (C=N–C) groups is 1. The molecule has 1 heterocycles. The van der Waals surface area contributed by atoms with Gasteiger partial charge in [-0.3, -0.25) is 20.0 Å². The van der Waals surface area contributed by atoms with Gasteiger partial charge in [-0.05, 0) is 32.6 Å². The maximum Gasteiger partial charge on any atom is 0.331 e. The minimum absolute atomic E-state index is 0.165. The molecule has 3 aliphatic rings. The first-order chi connectivity index (χ1) is 11.2. The van der Waals surface area contributed by atoms with Gasteiger partial charge in [-0.2, -0.15) is 0 Å². The van der Waals surface area contributed by atoms with Gasteiger partial charge in [0.1, 0.15) is 18.0 Å². The van der Waals surface area contributed by atoms with Crippen LogP contribution in [0.15, 0.2) is 4.99 Å². The molecule has 0 bridgehead atoms. The minimum Gasteiger partial charge on any atom is -0.361 e. The van der Waals surface area contributed by atoms with Crippen LogP contribution in [-0.4, -0.2) is 42.1 Å². The second-order valence-electron chi connectivity index (χ2n) is 6.84. The quantitative estimate of drug-likeness (QED) is 0.865. The van der Waals surface area contributed by atoms with E-state index < -0.39 is 11.4 Å². The molecule has 6 heteroatoms. The molecule has 3 rings (SSSR count). The summed E-state index contributed by atoms with van der Waals surface area (Å²) in [5, 5.41) is 2.53. The van der Waals surface area contributed by atoms with Gasteiger partial charge in [0.2, 0.25) is 5.91 Å². The van der Waals surface area contributed by atoms with Crippen molar-refractivity contribution in [3.05, 3.63) is 0 Å². The Morgan fingerprint density at radius 2 is 1.87 bits per heavy atom. The van der Waals surface area contributed by atoms with E-state index in [0.29, 0.717) is 12.4 Å². The van der Waals surface area contributed by atoms with E-state index in [2.05, 4.69) is 5.32 Å². The molecule has 23 heavy (non-hydrogen) atoms. The monoisotopic (exact) mass is 321 g/mol. The lowest BCUT2D eigenvalue weighted by atomic mass is 9.81. The molecule has 1 saturated heterocycles. The maximum absolute atomic E-state index is 12.6. The molecular formula is C17H27N3O3. The molecule has 1 N–H and O–H groups in total. The summed E-state index contributed by atoms with van der Waals surface area (Å²) in [5.74, 6) is 0.506. The van der Waals surface area contributed by atoms with E-state index in [1.54, 1.807) is 4.90 Å². The van der Waals surface area contributed by atoms with Crippen LogP contribution in [0.3, 0.4) is 0 Å². The third-order valence-corrected chi connectivity index (χ3v) is 5.35. The lowest BCUT2D eigenvalue weighted by Gasteiger charge is -2.40. The van der Waals surface area contributed by atoms with E-state index in [0.717, 1.165) is 38.5 Å². The molecule has 128 valence electrons. The van der Waals surface area contributed by atoms with Crippen LogP contribution in [-0.2, 0) is 9.53 Å². The Morgan fingerprint density at radius 3 is 2.52 bits per heavy atom. The van der Waals surface area contributed by atoms with E-state index in [-0.39, 0.29) is 18.7 Å². The molecule has 1 aliphatic heterocycles. The summed E-state index contributed by atoms with van der Waals surface area (Å²) in [5.41, 5.74) is -0.623. The first-order valence-corrected chi connectivity index (χ1v) is 8.96. The van der Waals surface area contributed by atoms with Crippen LogP contribution in [0, 0.1) is 5.41 Å². The molecule has 0 radical (unpaired) electrons. The highest BCUT2D eigenvalue weighted by Gasteiger charge is 2.53. The summed E-state index contributed by atoms with van der Waals surface area (Å²) in [7, 11) is 0. The molecule has 0 unspecified atom stereocenters. The zero-order valence-electron chi connectivity index (χ0n) is 14.0. The number of nitrogens with zero attached hydrogens (tertiary/aromatic N) is 2. The molecule has 3 fully saturated rings. The highest BCUT2D eigenvalue weighted by molar-refractivity contribution is 6.21. The molecule has 3 amide bonds. The van der Waals surface area contributed by atoms with Crippen molar-refractivity contribution in [2.75, 3.05) is 13.3 Å². The van der Waals surface area contributed by atoms with E-state index in [1.807, 2.05) is 6.92 Å². The highest BCUT2D eigenvalue weighted by atomic mass is 16.5. The van der Waals surface area contributed by atoms with Crippen molar-refractivity contribution < 1.29 is 14.3 Å². The Hall–Kier alpha value is -1.43. The fourth-order valence-electron chi connectivity index (χ4n) is 4.05. The molecule has 0 aromatic heterocycles. The third-order valence-electron chi connectivity index (χ3n) is 5.35. The smallest absolute Gasteiger partial charge is 0.331 e. The Labute approximate surface area is 137 Å². The van der Waals surface area contributed by atoms with E-state index in [9.17, 15) is 9.59 Å². The summed E-state index contributed by atoms with van der Waals surface area (Å²) in [6.45, 7) is 2.60. The molecule has 0 aromatic carbocycles. The fraction of sp³-hybridized carbons (Fsp3) is 0.824. The summed E-state index contributed by atoms with van der Waals surface area (Å²) in [4.78, 5) is 31.5. The molecule has 1 spiro atoms. The van der Waals surface area contributed by atoms with Crippen LogP contribution in [0.1, 0.15) is 64.7 Å². The lowest BCUT2D eigenvalue weighted by Crippen LogP contribution is -2.63. The normalized spacial score (nSPS) is 27.0. The summed E-state index contributed by atoms with van der Waals surface area (Å²) in [6, 6.07) is -0.158. The number of imide groups is 1. The van der Waals surface area contributed by atoms with Crippen LogP contribution in [0.25, 0.3) is 0 Å². The van der Waals surface area contributed by atoms with Crippen LogP contribution in [0.2, 0.25) is 0 Å². The van der Waals surface area contributed by atoms with Gasteiger partial charge in [-0.25, -0.2) is 4.79 Å². The van der Waals surface area contributed by atoms with Crippen LogP contribution in [0.5, 0.6) is 0 Å². The zero-order valence-corrected chi connectivity index (χ0v) is 14.0. The number of rotatable bonds is 4. The van der Waals surface area contributed by atoms with Crippen molar-refractivity contribution in [1.82, 2.24) is 10.2 Å². The van der Waals surface area contributed by atoms with Crippen LogP contribution < -0.4 is 5.32 Å². The predicted molar refractivity (Wildman–Crippen MR) is 87.1 cm³/mol. The lowest BCUT2D eigenvalue weighted by molar-refractivity contribution is -0.127. The highest BCUT2D eigenvalue weighted by Crippen LogP contribution is 2.43. The Morgan fingerprint density at radius 1 is 1.17 bits per heavy atom. The van der Waals surface area contributed by atoms with Gasteiger partial charge in [0.15, 0.2) is 0 Å². The Bertz CT molecular complexity index is 491. The van der Waals surface area contributed by atoms with Crippen LogP contribution in [0.4, 0.5) is 4.79 Å². The molecular weight excluding hydrogens is 294 g/mol. The van der Waals surface area contributed by atoms with Crippen molar-refractivity contribution in [2.24, 2.45) is 10.4 Å². The summed E-state index contributed by atoms with van der Waals surface area (Å²) >= 11 is 0. The second kappa shape index (κ2) is 6.99. The predicted octanol–water partition coefficient (Wildman–Crippen LogP) is 2.82. The molecule has 6 nitrogen and oxygen atoms in total. The average Bonchev–Trinajstić information content (AvgIpc) is 3.04. The number of carbonyl (C=O) groups is 2. The zero-order chi connectivity index (χ0) is 16.3. The number of urea groups is 1. The van der Waals surface area contributed by atoms with Crippen LogP contribution >= 0.6 is 0 Å². The summed E-state index contributed by atoms with van der Waals surface area (Å²) in [6.07, 6.45) is 9.30. The van der Waals surface area contributed by atoms with Crippen molar-refractivity contribution in [1.29, 1.82) is 0 Å². The first kappa shape index (κ1) is 16.4. The second-order valence-corrected chi connectivity index (χ2v) is 6.84. The largest absolute Gasteiger partial charge is 0.361 e. The Balaban J connectivity index is 1.94. The number of nitrogens with one attached hydrogen (secondary N) is 1. The topological polar surface area (TPSA) is 71.0 Å². The molecule has 0 atom stereocenters. The first-order valence-electron chi connectivity index (χ1n) is 8.96. The fourth-order valence-corrected chi connectivity index (χ4v) is 4.05.